The van der Waals surface area contributed by atoms with E-state index in [1.165, 1.54) is 0 Å². The van der Waals surface area contributed by atoms with Gasteiger partial charge in [0.25, 0.3) is 0 Å². The zero-order valence-electron chi connectivity index (χ0n) is 7.58. The van der Waals surface area contributed by atoms with Gasteiger partial charge in [-0.15, -0.1) is 0 Å². The van der Waals surface area contributed by atoms with Crippen LogP contribution in [-0.2, 0) is 6.42 Å². The van der Waals surface area contributed by atoms with Gasteiger partial charge < -0.3 is 0 Å². The van der Waals surface area contributed by atoms with Crippen LogP contribution in [0.4, 0.5) is 8.78 Å². The van der Waals surface area contributed by atoms with Crippen LogP contribution in [0, 0.1) is 0 Å². The minimum atomic E-state index is -2.27. The second-order valence-electron chi connectivity index (χ2n) is 3.28. The first-order valence-electron chi connectivity index (χ1n) is 4.51. The molecule has 0 aromatic heterocycles. The van der Waals surface area contributed by atoms with E-state index in [4.69, 9.17) is 0 Å². The number of hydrogen-bond donors (Lipinski definition) is 0. The summed E-state index contributed by atoms with van der Waals surface area (Å²) in [5, 5.41) is 2.11. The maximum atomic E-state index is 12.1. The lowest BCUT2D eigenvalue weighted by Crippen LogP contribution is -1.95. The number of benzene rings is 2. The van der Waals surface area contributed by atoms with Crippen molar-refractivity contribution in [3.05, 3.63) is 48.0 Å². The van der Waals surface area contributed by atoms with E-state index in [0.717, 1.165) is 10.8 Å². The molecule has 0 amide bonds. The first kappa shape index (κ1) is 9.13. The normalized spacial score (nSPS) is 11.1. The Morgan fingerprint density at radius 2 is 1.64 bits per heavy atom. The molecule has 0 heterocycles. The molecule has 2 aromatic rings. The minimum Gasteiger partial charge on any atom is -0.210 e. The molecule has 0 aliphatic heterocycles. The van der Waals surface area contributed by atoms with Gasteiger partial charge in [0.1, 0.15) is 0 Å². The zero-order valence-corrected chi connectivity index (χ0v) is 7.58. The van der Waals surface area contributed by atoms with Crippen LogP contribution in [-0.4, -0.2) is 6.43 Å². The molecule has 0 spiro atoms. The van der Waals surface area contributed by atoms with E-state index in [0.29, 0.717) is 5.56 Å². The van der Waals surface area contributed by atoms with E-state index in [1.54, 1.807) is 6.07 Å². The van der Waals surface area contributed by atoms with Crippen molar-refractivity contribution in [3.8, 4) is 0 Å². The number of alkyl halides is 2. The summed E-state index contributed by atoms with van der Waals surface area (Å²) < 4.78 is 24.2. The van der Waals surface area contributed by atoms with Crippen molar-refractivity contribution in [2.45, 2.75) is 12.8 Å². The molecule has 0 aliphatic carbocycles. The van der Waals surface area contributed by atoms with Crippen LogP contribution in [0.1, 0.15) is 5.56 Å². The van der Waals surface area contributed by atoms with Crippen LogP contribution in [0.2, 0.25) is 0 Å². The molecule has 2 heteroatoms. The largest absolute Gasteiger partial charge is 0.242 e. The molecule has 0 saturated heterocycles. The Balaban J connectivity index is 2.41. The second kappa shape index (κ2) is 3.74. The van der Waals surface area contributed by atoms with Crippen molar-refractivity contribution >= 4 is 10.8 Å². The van der Waals surface area contributed by atoms with Crippen LogP contribution in [0.3, 0.4) is 0 Å². The summed E-state index contributed by atoms with van der Waals surface area (Å²) in [6.07, 6.45) is -2.43. The third kappa shape index (κ3) is 1.90. The second-order valence-corrected chi connectivity index (χ2v) is 3.28. The van der Waals surface area contributed by atoms with Gasteiger partial charge in [0.15, 0.2) is 0 Å². The smallest absolute Gasteiger partial charge is 0.210 e. The quantitative estimate of drug-likeness (QED) is 0.681. The summed E-state index contributed by atoms with van der Waals surface area (Å²) in [4.78, 5) is 0. The molecule has 0 radical (unpaired) electrons. The zero-order chi connectivity index (χ0) is 9.97. The van der Waals surface area contributed by atoms with E-state index in [2.05, 4.69) is 0 Å². The van der Waals surface area contributed by atoms with Crippen molar-refractivity contribution in [3.63, 3.8) is 0 Å². The van der Waals surface area contributed by atoms with Gasteiger partial charge in [-0.05, 0) is 16.3 Å². The maximum absolute atomic E-state index is 12.1. The highest BCUT2D eigenvalue weighted by Crippen LogP contribution is 2.17. The minimum absolute atomic E-state index is 0.162. The first-order chi connectivity index (χ1) is 6.75. The number of rotatable bonds is 2. The van der Waals surface area contributed by atoms with Crippen molar-refractivity contribution in [1.29, 1.82) is 0 Å². The molecule has 14 heavy (non-hydrogen) atoms. The third-order valence-corrected chi connectivity index (χ3v) is 2.20. The third-order valence-electron chi connectivity index (χ3n) is 2.20. The van der Waals surface area contributed by atoms with Gasteiger partial charge in [-0.2, -0.15) is 0 Å². The van der Waals surface area contributed by atoms with Crippen LogP contribution < -0.4 is 0 Å². The molecular weight excluding hydrogens is 182 g/mol. The molecule has 0 unspecified atom stereocenters. The van der Waals surface area contributed by atoms with Crippen molar-refractivity contribution in [2.24, 2.45) is 0 Å². The molecule has 0 nitrogen and oxygen atoms in total. The summed E-state index contributed by atoms with van der Waals surface area (Å²) in [6.45, 7) is 0. The molecule has 2 aromatic carbocycles. The molecule has 0 atom stereocenters. The Kier molecular flexibility index (Phi) is 2.44. The van der Waals surface area contributed by atoms with Crippen LogP contribution in [0.15, 0.2) is 42.5 Å². The van der Waals surface area contributed by atoms with Gasteiger partial charge in [0.2, 0.25) is 6.43 Å². The Morgan fingerprint density at radius 1 is 0.929 bits per heavy atom. The van der Waals surface area contributed by atoms with Crippen LogP contribution in [0.5, 0.6) is 0 Å². The van der Waals surface area contributed by atoms with Gasteiger partial charge in [-0.25, -0.2) is 8.78 Å². The lowest BCUT2D eigenvalue weighted by Gasteiger charge is -2.02. The highest BCUT2D eigenvalue weighted by molar-refractivity contribution is 5.82. The molecule has 0 N–H and O–H groups in total. The molecule has 0 bridgehead atoms. The summed E-state index contributed by atoms with van der Waals surface area (Å²) in [6, 6.07) is 13.2. The lowest BCUT2D eigenvalue weighted by molar-refractivity contribution is 0.149. The summed E-state index contributed by atoms with van der Waals surface area (Å²) >= 11 is 0. The summed E-state index contributed by atoms with van der Waals surface area (Å²) in [7, 11) is 0. The maximum Gasteiger partial charge on any atom is 0.242 e. The Bertz CT molecular complexity index is 435. The van der Waals surface area contributed by atoms with Crippen molar-refractivity contribution in [2.75, 3.05) is 0 Å². The highest BCUT2D eigenvalue weighted by Gasteiger charge is 2.04. The van der Waals surface area contributed by atoms with E-state index < -0.39 is 6.43 Å². The molecular formula is C12H10F2. The standard InChI is InChI=1S/C12H10F2/c13-12(14)8-9-5-6-10-3-1-2-4-11(10)7-9/h1-7,12H,8H2. The molecule has 0 aliphatic rings. The summed E-state index contributed by atoms with van der Waals surface area (Å²) in [5.41, 5.74) is 0.693. The van der Waals surface area contributed by atoms with Crippen molar-refractivity contribution < 1.29 is 8.78 Å². The fourth-order valence-electron chi connectivity index (χ4n) is 1.54. The fraction of sp³-hybridized carbons (Fsp3) is 0.167. The highest BCUT2D eigenvalue weighted by atomic mass is 19.3. The number of hydrogen-bond acceptors (Lipinski definition) is 0. The Morgan fingerprint density at radius 3 is 2.36 bits per heavy atom. The van der Waals surface area contributed by atoms with Crippen molar-refractivity contribution in [1.82, 2.24) is 0 Å². The monoisotopic (exact) mass is 192 g/mol. The van der Waals surface area contributed by atoms with E-state index >= 15 is 0 Å². The van der Waals surface area contributed by atoms with Gasteiger partial charge >= 0.3 is 0 Å². The SMILES string of the molecule is FC(F)Cc1ccc2ccccc2c1. The van der Waals surface area contributed by atoms with Crippen LogP contribution >= 0.6 is 0 Å². The van der Waals surface area contributed by atoms with E-state index in [1.807, 2.05) is 36.4 Å². The summed E-state index contributed by atoms with van der Waals surface area (Å²) in [5.74, 6) is 0. The first-order valence-corrected chi connectivity index (χ1v) is 4.51. The topological polar surface area (TPSA) is 0 Å². The predicted octanol–water partition coefficient (Wildman–Crippen LogP) is 3.65. The van der Waals surface area contributed by atoms with Gasteiger partial charge in [-0.1, -0.05) is 42.5 Å². The average molecular weight is 192 g/mol. The lowest BCUT2D eigenvalue weighted by atomic mass is 10.1. The molecule has 0 fully saturated rings. The number of halogens is 2. The molecule has 2 rings (SSSR count). The predicted molar refractivity (Wildman–Crippen MR) is 53.7 cm³/mol. The van der Waals surface area contributed by atoms with Crippen LogP contribution in [0.25, 0.3) is 10.8 Å². The van der Waals surface area contributed by atoms with E-state index in [-0.39, 0.29) is 6.42 Å². The van der Waals surface area contributed by atoms with Gasteiger partial charge in [0, 0.05) is 6.42 Å². The van der Waals surface area contributed by atoms with Gasteiger partial charge in [0.05, 0.1) is 0 Å². The molecule has 0 saturated carbocycles. The number of fused-ring (bicyclic) bond motifs is 1. The molecule has 72 valence electrons. The fourth-order valence-corrected chi connectivity index (χ4v) is 1.54. The average Bonchev–Trinajstić information content (AvgIpc) is 2.17. The Labute approximate surface area is 81.2 Å². The Hall–Kier alpha value is -1.44. The van der Waals surface area contributed by atoms with E-state index in [9.17, 15) is 8.78 Å². The van der Waals surface area contributed by atoms with Gasteiger partial charge in [-0.3, -0.25) is 0 Å².